The third-order valence-electron chi connectivity index (χ3n) is 3.13. The lowest BCUT2D eigenvalue weighted by Crippen LogP contribution is -2.22. The van der Waals surface area contributed by atoms with Crippen molar-refractivity contribution in [3.05, 3.63) is 24.3 Å². The van der Waals surface area contributed by atoms with Crippen LogP contribution in [0.3, 0.4) is 0 Å². The fourth-order valence-electron chi connectivity index (χ4n) is 1.82. The predicted octanol–water partition coefficient (Wildman–Crippen LogP) is 3.01. The molecule has 0 fully saturated rings. The molecule has 0 bridgehead atoms. The molecule has 1 aromatic carbocycles. The third-order valence-corrected chi connectivity index (χ3v) is 3.13. The summed E-state index contributed by atoms with van der Waals surface area (Å²) in [6.07, 6.45) is 1.43. The van der Waals surface area contributed by atoms with Gasteiger partial charge in [0.15, 0.2) is 0 Å². The van der Waals surface area contributed by atoms with E-state index in [4.69, 9.17) is 10.00 Å². The molecule has 0 atom stereocenters. The number of nitriles is 1. The Balaban J connectivity index is 2.48. The first-order chi connectivity index (χ1) is 9.96. The summed E-state index contributed by atoms with van der Waals surface area (Å²) in [6.45, 7) is 5.12. The normalized spacial score (nSPS) is 10.8. The molecule has 114 valence electrons. The van der Waals surface area contributed by atoms with E-state index < -0.39 is 0 Å². The molecule has 0 aliphatic rings. The minimum Gasteiger partial charge on any atom is -0.385 e. The van der Waals surface area contributed by atoms with E-state index in [0.29, 0.717) is 6.42 Å². The standard InChI is InChI=1S/C16H23N3O2/c1-16(2,9-4-10-17)12-18-13-5-7-14(8-6-13)19-15(20)11-21-3/h5-8,18H,4,9,11-12H2,1-3H3,(H,19,20). The van der Waals surface area contributed by atoms with Gasteiger partial charge in [0.05, 0.1) is 6.07 Å². The number of hydrogen-bond acceptors (Lipinski definition) is 4. The van der Waals surface area contributed by atoms with Crippen molar-refractivity contribution in [1.82, 2.24) is 0 Å². The lowest BCUT2D eigenvalue weighted by atomic mass is 9.88. The SMILES string of the molecule is COCC(=O)Nc1ccc(NCC(C)(C)CCC#N)cc1. The Morgan fingerprint density at radius 1 is 1.29 bits per heavy atom. The number of anilines is 2. The Kier molecular flexibility index (Phi) is 6.70. The first-order valence-corrected chi connectivity index (χ1v) is 6.96. The molecule has 1 rings (SSSR count). The second-order valence-corrected chi connectivity index (χ2v) is 5.73. The Hall–Kier alpha value is -2.06. The van der Waals surface area contributed by atoms with E-state index in [1.807, 2.05) is 24.3 Å². The summed E-state index contributed by atoms with van der Waals surface area (Å²) in [4.78, 5) is 11.4. The van der Waals surface area contributed by atoms with Gasteiger partial charge in [-0.15, -0.1) is 0 Å². The first-order valence-electron chi connectivity index (χ1n) is 6.96. The van der Waals surface area contributed by atoms with Gasteiger partial charge in [0.2, 0.25) is 5.91 Å². The number of amides is 1. The highest BCUT2D eigenvalue weighted by atomic mass is 16.5. The van der Waals surface area contributed by atoms with Gasteiger partial charge in [-0.25, -0.2) is 0 Å². The van der Waals surface area contributed by atoms with Crippen LogP contribution in [-0.2, 0) is 9.53 Å². The molecule has 0 saturated carbocycles. The number of nitrogens with zero attached hydrogens (tertiary/aromatic N) is 1. The van der Waals surface area contributed by atoms with Crippen molar-refractivity contribution >= 4 is 17.3 Å². The lowest BCUT2D eigenvalue weighted by molar-refractivity contribution is -0.119. The van der Waals surface area contributed by atoms with Gasteiger partial charge in [-0.1, -0.05) is 13.8 Å². The van der Waals surface area contributed by atoms with Crippen LogP contribution in [-0.4, -0.2) is 26.2 Å². The zero-order valence-electron chi connectivity index (χ0n) is 12.9. The van der Waals surface area contributed by atoms with Gasteiger partial charge >= 0.3 is 0 Å². The van der Waals surface area contributed by atoms with Crippen LogP contribution in [0.1, 0.15) is 26.7 Å². The van der Waals surface area contributed by atoms with Crippen LogP contribution in [0.5, 0.6) is 0 Å². The van der Waals surface area contributed by atoms with E-state index in [2.05, 4.69) is 30.6 Å². The summed E-state index contributed by atoms with van der Waals surface area (Å²) in [6, 6.07) is 9.71. The van der Waals surface area contributed by atoms with Gasteiger partial charge in [-0.2, -0.15) is 5.26 Å². The fourth-order valence-corrected chi connectivity index (χ4v) is 1.82. The highest BCUT2D eigenvalue weighted by molar-refractivity contribution is 5.91. The number of methoxy groups -OCH3 is 1. The van der Waals surface area contributed by atoms with Gasteiger partial charge in [-0.05, 0) is 36.1 Å². The van der Waals surface area contributed by atoms with Gasteiger partial charge in [0.1, 0.15) is 6.61 Å². The molecule has 5 heteroatoms. The zero-order valence-corrected chi connectivity index (χ0v) is 12.9. The molecule has 1 amide bonds. The first kappa shape index (κ1) is 17.0. The molecule has 0 aliphatic carbocycles. The highest BCUT2D eigenvalue weighted by Crippen LogP contribution is 2.23. The van der Waals surface area contributed by atoms with E-state index in [1.165, 1.54) is 7.11 Å². The van der Waals surface area contributed by atoms with Crippen molar-refractivity contribution < 1.29 is 9.53 Å². The molecule has 0 spiro atoms. The van der Waals surface area contributed by atoms with Crippen LogP contribution in [0.25, 0.3) is 0 Å². The number of carbonyl (C=O) groups is 1. The van der Waals surface area contributed by atoms with Gasteiger partial charge < -0.3 is 15.4 Å². The monoisotopic (exact) mass is 289 g/mol. The van der Waals surface area contributed by atoms with Crippen molar-refractivity contribution in [1.29, 1.82) is 5.26 Å². The van der Waals surface area contributed by atoms with Crippen molar-refractivity contribution in [2.45, 2.75) is 26.7 Å². The van der Waals surface area contributed by atoms with Crippen LogP contribution in [0.4, 0.5) is 11.4 Å². The van der Waals surface area contributed by atoms with Crippen molar-refractivity contribution in [2.24, 2.45) is 5.41 Å². The molecule has 0 heterocycles. The molecular formula is C16H23N3O2. The van der Waals surface area contributed by atoms with Crippen LogP contribution >= 0.6 is 0 Å². The molecule has 2 N–H and O–H groups in total. The number of rotatable bonds is 8. The summed E-state index contributed by atoms with van der Waals surface area (Å²) in [5.74, 6) is -0.171. The number of nitrogens with one attached hydrogen (secondary N) is 2. The molecule has 0 aliphatic heterocycles. The minimum absolute atomic E-state index is 0.0487. The van der Waals surface area contributed by atoms with Gasteiger partial charge in [-0.3, -0.25) is 4.79 Å². The zero-order chi connectivity index (χ0) is 15.7. The molecule has 0 unspecified atom stereocenters. The maximum Gasteiger partial charge on any atom is 0.250 e. The Morgan fingerprint density at radius 3 is 2.48 bits per heavy atom. The Morgan fingerprint density at radius 2 is 1.90 bits per heavy atom. The molecule has 0 radical (unpaired) electrons. The average molecular weight is 289 g/mol. The molecule has 1 aromatic rings. The van der Waals surface area contributed by atoms with E-state index in [9.17, 15) is 4.79 Å². The largest absolute Gasteiger partial charge is 0.385 e. The molecular weight excluding hydrogens is 266 g/mol. The van der Waals surface area contributed by atoms with Crippen molar-refractivity contribution in [2.75, 3.05) is 30.9 Å². The number of benzene rings is 1. The van der Waals surface area contributed by atoms with Crippen molar-refractivity contribution in [3.63, 3.8) is 0 Å². The maximum absolute atomic E-state index is 11.4. The number of hydrogen-bond donors (Lipinski definition) is 2. The maximum atomic E-state index is 11.4. The van der Waals surface area contributed by atoms with E-state index in [-0.39, 0.29) is 17.9 Å². The van der Waals surface area contributed by atoms with E-state index in [1.54, 1.807) is 0 Å². The topological polar surface area (TPSA) is 74.2 Å². The lowest BCUT2D eigenvalue weighted by Gasteiger charge is -2.24. The molecule has 5 nitrogen and oxygen atoms in total. The second kappa shape index (κ2) is 8.28. The summed E-state index contributed by atoms with van der Waals surface area (Å²) in [7, 11) is 1.49. The van der Waals surface area contributed by atoms with Crippen LogP contribution < -0.4 is 10.6 Å². The van der Waals surface area contributed by atoms with Gasteiger partial charge in [0, 0.05) is 31.5 Å². The summed E-state index contributed by atoms with van der Waals surface area (Å²) >= 11 is 0. The van der Waals surface area contributed by atoms with Crippen molar-refractivity contribution in [3.8, 4) is 6.07 Å². The molecule has 21 heavy (non-hydrogen) atoms. The summed E-state index contributed by atoms with van der Waals surface area (Å²) < 4.78 is 4.76. The van der Waals surface area contributed by atoms with Crippen LogP contribution in [0.2, 0.25) is 0 Å². The number of ether oxygens (including phenoxy) is 1. The fraction of sp³-hybridized carbons (Fsp3) is 0.500. The van der Waals surface area contributed by atoms with Gasteiger partial charge in [0.25, 0.3) is 0 Å². The number of carbonyl (C=O) groups excluding carboxylic acids is 1. The average Bonchev–Trinajstić information content (AvgIpc) is 2.45. The molecule has 0 aromatic heterocycles. The second-order valence-electron chi connectivity index (χ2n) is 5.73. The van der Waals surface area contributed by atoms with E-state index in [0.717, 1.165) is 24.3 Å². The smallest absolute Gasteiger partial charge is 0.250 e. The van der Waals surface area contributed by atoms with Crippen LogP contribution in [0.15, 0.2) is 24.3 Å². The quantitative estimate of drug-likeness (QED) is 0.771. The van der Waals surface area contributed by atoms with E-state index >= 15 is 0 Å². The highest BCUT2D eigenvalue weighted by Gasteiger charge is 2.16. The van der Waals surface area contributed by atoms with Crippen LogP contribution in [0, 0.1) is 16.7 Å². The predicted molar refractivity (Wildman–Crippen MR) is 84.1 cm³/mol. The minimum atomic E-state index is -0.171. The summed E-state index contributed by atoms with van der Waals surface area (Å²) in [5.41, 5.74) is 1.80. The Bertz CT molecular complexity index is 489. The third kappa shape index (κ3) is 6.77. The summed E-state index contributed by atoms with van der Waals surface area (Å²) in [5, 5.41) is 14.7. The molecule has 0 saturated heterocycles. The Labute approximate surface area is 126 Å².